The quantitative estimate of drug-likeness (QED) is 0.699. The molecule has 2 aromatic rings. The maximum absolute atomic E-state index is 11.4. The third kappa shape index (κ3) is 6.50. The highest BCUT2D eigenvalue weighted by atomic mass is 16.5. The maximum Gasteiger partial charge on any atom is 0.315 e. The summed E-state index contributed by atoms with van der Waals surface area (Å²) in [5, 5.41) is 13.9. The minimum absolute atomic E-state index is 0.0678. The van der Waals surface area contributed by atoms with E-state index in [1.54, 1.807) is 0 Å². The van der Waals surface area contributed by atoms with Gasteiger partial charge in [-0.1, -0.05) is 54.6 Å². The Morgan fingerprint density at radius 3 is 2.39 bits per heavy atom. The number of aliphatic hydroxyl groups is 1. The van der Waals surface area contributed by atoms with Crippen LogP contribution in [0.25, 0.3) is 0 Å². The van der Waals surface area contributed by atoms with Crippen molar-refractivity contribution in [2.45, 2.75) is 19.8 Å². The molecule has 0 heterocycles. The number of carbonyl (C=O) groups excluding carboxylic acids is 1. The molecule has 5 nitrogen and oxygen atoms in total. The fourth-order valence-corrected chi connectivity index (χ4v) is 2.10. The zero-order valence-electron chi connectivity index (χ0n) is 13.0. The number of urea groups is 1. The summed E-state index contributed by atoms with van der Waals surface area (Å²) < 4.78 is 5.71. The van der Waals surface area contributed by atoms with Gasteiger partial charge in [0.15, 0.2) is 0 Å². The third-order valence-electron chi connectivity index (χ3n) is 3.22. The smallest absolute Gasteiger partial charge is 0.315 e. The van der Waals surface area contributed by atoms with Crippen molar-refractivity contribution < 1.29 is 14.6 Å². The van der Waals surface area contributed by atoms with Crippen LogP contribution in [-0.4, -0.2) is 24.3 Å². The van der Waals surface area contributed by atoms with E-state index >= 15 is 0 Å². The molecule has 0 bridgehead atoms. The molecule has 0 aliphatic rings. The lowest BCUT2D eigenvalue weighted by atomic mass is 10.1. The Balaban J connectivity index is 1.76. The van der Waals surface area contributed by atoms with Gasteiger partial charge in [-0.15, -0.1) is 0 Å². The molecule has 0 saturated heterocycles. The van der Waals surface area contributed by atoms with Gasteiger partial charge in [0.1, 0.15) is 0 Å². The van der Waals surface area contributed by atoms with Gasteiger partial charge >= 0.3 is 6.03 Å². The molecule has 0 aromatic heterocycles. The van der Waals surface area contributed by atoms with E-state index in [1.165, 1.54) is 0 Å². The molecule has 23 heavy (non-hydrogen) atoms. The van der Waals surface area contributed by atoms with Gasteiger partial charge in [-0.2, -0.15) is 0 Å². The second kappa shape index (κ2) is 9.61. The van der Waals surface area contributed by atoms with Crippen molar-refractivity contribution in [2.75, 3.05) is 13.2 Å². The van der Waals surface area contributed by atoms with Gasteiger partial charge in [0.2, 0.25) is 0 Å². The molecule has 0 spiro atoms. The zero-order valence-corrected chi connectivity index (χ0v) is 13.0. The summed E-state index contributed by atoms with van der Waals surface area (Å²) in [6.07, 6.45) is 0. The van der Waals surface area contributed by atoms with Crippen molar-refractivity contribution in [1.82, 2.24) is 10.6 Å². The first-order valence-corrected chi connectivity index (χ1v) is 7.60. The molecule has 0 unspecified atom stereocenters. The van der Waals surface area contributed by atoms with Crippen LogP contribution in [0.3, 0.4) is 0 Å². The topological polar surface area (TPSA) is 70.6 Å². The Kier molecular flexibility index (Phi) is 7.10. The second-order valence-corrected chi connectivity index (χ2v) is 5.13. The number of hydrogen-bond acceptors (Lipinski definition) is 3. The maximum atomic E-state index is 11.4. The largest absolute Gasteiger partial charge is 0.395 e. The summed E-state index contributed by atoms with van der Waals surface area (Å²) >= 11 is 0. The van der Waals surface area contributed by atoms with Crippen molar-refractivity contribution in [3.8, 4) is 0 Å². The van der Waals surface area contributed by atoms with Crippen LogP contribution >= 0.6 is 0 Å². The molecule has 122 valence electrons. The van der Waals surface area contributed by atoms with Crippen molar-refractivity contribution in [1.29, 1.82) is 0 Å². The fourth-order valence-electron chi connectivity index (χ4n) is 2.10. The van der Waals surface area contributed by atoms with Gasteiger partial charge in [0.25, 0.3) is 0 Å². The van der Waals surface area contributed by atoms with E-state index in [1.807, 2.05) is 54.6 Å². The van der Waals surface area contributed by atoms with Gasteiger partial charge in [0.05, 0.1) is 19.8 Å². The van der Waals surface area contributed by atoms with E-state index in [0.29, 0.717) is 19.8 Å². The van der Waals surface area contributed by atoms with Gasteiger partial charge in [-0.3, -0.25) is 0 Å². The normalized spacial score (nSPS) is 10.3. The van der Waals surface area contributed by atoms with E-state index < -0.39 is 0 Å². The number of nitrogens with one attached hydrogen (secondary N) is 2. The first-order chi connectivity index (χ1) is 11.3. The minimum Gasteiger partial charge on any atom is -0.395 e. The van der Waals surface area contributed by atoms with E-state index in [-0.39, 0.29) is 19.2 Å². The van der Waals surface area contributed by atoms with Crippen LogP contribution in [0.1, 0.15) is 16.7 Å². The Labute approximate surface area is 136 Å². The molecule has 0 aliphatic carbocycles. The van der Waals surface area contributed by atoms with Gasteiger partial charge < -0.3 is 20.5 Å². The molecular weight excluding hydrogens is 292 g/mol. The lowest BCUT2D eigenvalue weighted by molar-refractivity contribution is 0.107. The molecular formula is C18H22N2O3. The number of hydrogen-bond donors (Lipinski definition) is 3. The summed E-state index contributed by atoms with van der Waals surface area (Å²) in [5.41, 5.74) is 3.21. The lowest BCUT2D eigenvalue weighted by Gasteiger charge is -2.09. The highest BCUT2D eigenvalue weighted by Crippen LogP contribution is 2.08. The van der Waals surface area contributed by atoms with Gasteiger partial charge in [-0.25, -0.2) is 4.79 Å². The average Bonchev–Trinajstić information content (AvgIpc) is 2.59. The standard InChI is InChI=1S/C18H22N2O3/c21-10-9-19-18(22)20-12-16-7-4-8-17(11-16)14-23-13-15-5-2-1-3-6-15/h1-8,11,21H,9-10,12-14H2,(H2,19,20,22). The van der Waals surface area contributed by atoms with E-state index in [2.05, 4.69) is 10.6 Å². The summed E-state index contributed by atoms with van der Waals surface area (Å²) in [6.45, 7) is 1.72. The van der Waals surface area contributed by atoms with Crippen LogP contribution in [-0.2, 0) is 24.5 Å². The van der Waals surface area contributed by atoms with Crippen molar-refractivity contribution >= 4 is 6.03 Å². The number of benzene rings is 2. The molecule has 3 N–H and O–H groups in total. The number of rotatable bonds is 8. The van der Waals surface area contributed by atoms with Crippen LogP contribution in [0.2, 0.25) is 0 Å². The Morgan fingerprint density at radius 2 is 1.61 bits per heavy atom. The number of ether oxygens (including phenoxy) is 1. The fraction of sp³-hybridized carbons (Fsp3) is 0.278. The Bertz CT molecular complexity index is 602. The monoisotopic (exact) mass is 314 g/mol. The molecule has 0 saturated carbocycles. The number of carbonyl (C=O) groups is 1. The molecule has 0 aliphatic heterocycles. The lowest BCUT2D eigenvalue weighted by Crippen LogP contribution is -2.36. The highest BCUT2D eigenvalue weighted by Gasteiger charge is 2.01. The molecule has 2 rings (SSSR count). The van der Waals surface area contributed by atoms with Crippen molar-refractivity contribution in [2.24, 2.45) is 0 Å². The van der Waals surface area contributed by atoms with Gasteiger partial charge in [0, 0.05) is 13.1 Å². The number of aliphatic hydroxyl groups excluding tert-OH is 1. The van der Waals surface area contributed by atoms with Crippen molar-refractivity contribution in [3.63, 3.8) is 0 Å². The molecule has 0 atom stereocenters. The van der Waals surface area contributed by atoms with E-state index in [9.17, 15) is 4.79 Å². The second-order valence-electron chi connectivity index (χ2n) is 5.13. The van der Waals surface area contributed by atoms with Crippen LogP contribution in [0.5, 0.6) is 0 Å². The van der Waals surface area contributed by atoms with Gasteiger partial charge in [-0.05, 0) is 16.7 Å². The Morgan fingerprint density at radius 1 is 0.913 bits per heavy atom. The predicted octanol–water partition coefficient (Wildman–Crippen LogP) is 2.19. The van der Waals surface area contributed by atoms with E-state index in [4.69, 9.17) is 9.84 Å². The van der Waals surface area contributed by atoms with Crippen LogP contribution in [0.15, 0.2) is 54.6 Å². The zero-order chi connectivity index (χ0) is 16.3. The summed E-state index contributed by atoms with van der Waals surface area (Å²) in [6, 6.07) is 17.7. The SMILES string of the molecule is O=C(NCCO)NCc1cccc(COCc2ccccc2)c1. The summed E-state index contributed by atoms with van der Waals surface area (Å²) in [5.74, 6) is 0. The van der Waals surface area contributed by atoms with E-state index in [0.717, 1.165) is 16.7 Å². The van der Waals surface area contributed by atoms with Crippen molar-refractivity contribution in [3.05, 3.63) is 71.3 Å². The van der Waals surface area contributed by atoms with Crippen LogP contribution in [0.4, 0.5) is 4.79 Å². The molecule has 0 fully saturated rings. The Hall–Kier alpha value is -2.37. The third-order valence-corrected chi connectivity index (χ3v) is 3.22. The molecule has 0 radical (unpaired) electrons. The average molecular weight is 314 g/mol. The molecule has 2 aromatic carbocycles. The first kappa shape index (κ1) is 17.0. The number of amides is 2. The highest BCUT2D eigenvalue weighted by molar-refractivity contribution is 5.73. The predicted molar refractivity (Wildman–Crippen MR) is 88.7 cm³/mol. The molecule has 5 heteroatoms. The molecule has 2 amide bonds. The van der Waals surface area contributed by atoms with Crippen LogP contribution in [0, 0.1) is 0 Å². The minimum atomic E-state index is -0.287. The summed E-state index contributed by atoms with van der Waals surface area (Å²) in [4.78, 5) is 11.4. The first-order valence-electron chi connectivity index (χ1n) is 7.60. The van der Waals surface area contributed by atoms with Crippen LogP contribution < -0.4 is 10.6 Å². The summed E-state index contributed by atoms with van der Waals surface area (Å²) in [7, 11) is 0.